The Balaban J connectivity index is 0.000000288. The van der Waals surface area contributed by atoms with E-state index >= 15 is 0 Å². The molecule has 2 aromatic heterocycles. The molecule has 0 radical (unpaired) electrons. The Morgan fingerprint density at radius 3 is 2.42 bits per heavy atom. The molecular formula is C29H35N7O4. The standard InChI is InChI=1S/C22H22N6O.C7H13NO3/c1-27-12-11-16(13-27)28-22-19(21(23)24-14-25-22)20(26-28)15-7-9-18(10-8-15)29-17-5-3-2-4-6-17;1-7(2,3)11-6(10)8-4-5-9/h2-10,14,16H,11-13H2,1H3,(H2,23,24,25);5H,4H2,1-3H3,(H,8,10). The highest BCUT2D eigenvalue weighted by Gasteiger charge is 2.26. The number of nitrogen functional groups attached to an aromatic ring is 1. The molecule has 3 heterocycles. The first-order valence-electron chi connectivity index (χ1n) is 13.1. The van der Waals surface area contributed by atoms with Gasteiger partial charge in [-0.2, -0.15) is 5.10 Å². The number of alkyl carbamates (subject to hydrolysis) is 1. The van der Waals surface area contributed by atoms with Crippen LogP contribution in [-0.2, 0) is 9.53 Å². The highest BCUT2D eigenvalue weighted by atomic mass is 16.6. The number of likely N-dealkylation sites (N-methyl/N-ethyl adjacent to an activating group) is 1. The first kappa shape index (κ1) is 28.5. The van der Waals surface area contributed by atoms with Crippen molar-refractivity contribution in [1.82, 2.24) is 30.0 Å². The molecule has 3 N–H and O–H groups in total. The SMILES string of the molecule is CC(C)(C)OC(=O)NCC=O.CN1CCC(n2nc(-c3ccc(Oc4ccccc4)cc3)c3c(N)ncnc32)C1. The van der Waals surface area contributed by atoms with E-state index in [1.807, 2.05) is 59.3 Å². The monoisotopic (exact) mass is 545 g/mol. The van der Waals surface area contributed by atoms with Crippen LogP contribution >= 0.6 is 0 Å². The van der Waals surface area contributed by atoms with E-state index in [2.05, 4.69) is 27.2 Å². The number of ether oxygens (including phenoxy) is 2. The Labute approximate surface area is 233 Å². The van der Waals surface area contributed by atoms with Gasteiger partial charge in [0.1, 0.15) is 41.2 Å². The molecule has 1 atom stereocenters. The van der Waals surface area contributed by atoms with Crippen LogP contribution in [0.4, 0.5) is 10.6 Å². The van der Waals surface area contributed by atoms with E-state index in [9.17, 15) is 9.59 Å². The maximum Gasteiger partial charge on any atom is 0.408 e. The lowest BCUT2D eigenvalue weighted by molar-refractivity contribution is -0.107. The number of hydrogen-bond donors (Lipinski definition) is 2. The number of aldehydes is 1. The number of hydrogen-bond acceptors (Lipinski definition) is 9. The summed E-state index contributed by atoms with van der Waals surface area (Å²) in [5, 5.41) is 7.98. The van der Waals surface area contributed by atoms with Crippen molar-refractivity contribution in [2.45, 2.75) is 38.8 Å². The number of carbonyl (C=O) groups is 2. The molecule has 1 saturated heterocycles. The van der Waals surface area contributed by atoms with Crippen LogP contribution in [0.3, 0.4) is 0 Å². The van der Waals surface area contributed by atoms with Crippen molar-refractivity contribution in [2.24, 2.45) is 0 Å². The zero-order valence-electron chi connectivity index (χ0n) is 23.2. The van der Waals surface area contributed by atoms with Gasteiger partial charge in [0.2, 0.25) is 0 Å². The van der Waals surface area contributed by atoms with Crippen molar-refractivity contribution >= 4 is 29.2 Å². The summed E-state index contributed by atoms with van der Waals surface area (Å²) in [6, 6.07) is 17.9. The molecule has 5 rings (SSSR count). The minimum absolute atomic E-state index is 0.00505. The van der Waals surface area contributed by atoms with E-state index in [1.54, 1.807) is 20.8 Å². The Bertz CT molecular complexity index is 1430. The summed E-state index contributed by atoms with van der Waals surface area (Å²) in [7, 11) is 2.13. The Morgan fingerprint density at radius 1 is 1.10 bits per heavy atom. The number of anilines is 1. The second-order valence-corrected chi connectivity index (χ2v) is 10.4. The number of nitrogens with two attached hydrogens (primary N) is 1. The number of benzene rings is 2. The zero-order chi connectivity index (χ0) is 28.7. The molecule has 0 aliphatic carbocycles. The van der Waals surface area contributed by atoms with Crippen LogP contribution in [0.1, 0.15) is 33.2 Å². The first-order chi connectivity index (χ1) is 19.1. The summed E-state index contributed by atoms with van der Waals surface area (Å²) in [5.41, 5.74) is 8.27. The summed E-state index contributed by atoms with van der Waals surface area (Å²) in [4.78, 5) is 31.5. The topological polar surface area (TPSA) is 137 Å². The number of para-hydroxylation sites is 1. The van der Waals surface area contributed by atoms with Gasteiger partial charge in [-0.05, 0) is 70.6 Å². The van der Waals surface area contributed by atoms with E-state index in [0.717, 1.165) is 53.3 Å². The van der Waals surface area contributed by atoms with Crippen LogP contribution in [0.2, 0.25) is 0 Å². The fraction of sp³-hybridized carbons (Fsp3) is 0.345. The van der Waals surface area contributed by atoms with Gasteiger partial charge in [-0.25, -0.2) is 19.4 Å². The fourth-order valence-electron chi connectivity index (χ4n) is 4.31. The van der Waals surface area contributed by atoms with Crippen LogP contribution in [0.5, 0.6) is 11.5 Å². The van der Waals surface area contributed by atoms with E-state index in [4.69, 9.17) is 20.3 Å². The second kappa shape index (κ2) is 12.6. The van der Waals surface area contributed by atoms with Gasteiger partial charge in [-0.15, -0.1) is 0 Å². The van der Waals surface area contributed by atoms with E-state index < -0.39 is 11.7 Å². The summed E-state index contributed by atoms with van der Waals surface area (Å²) in [6.07, 6.45) is 2.59. The summed E-state index contributed by atoms with van der Waals surface area (Å²) in [6.45, 7) is 7.26. The predicted molar refractivity (Wildman–Crippen MR) is 153 cm³/mol. The molecule has 210 valence electrons. The van der Waals surface area contributed by atoms with E-state index in [0.29, 0.717) is 12.1 Å². The smallest absolute Gasteiger partial charge is 0.408 e. The normalized spacial score (nSPS) is 15.2. The predicted octanol–water partition coefficient (Wildman–Crippen LogP) is 4.45. The van der Waals surface area contributed by atoms with Crippen LogP contribution in [0.25, 0.3) is 22.3 Å². The minimum Gasteiger partial charge on any atom is -0.457 e. The van der Waals surface area contributed by atoms with Crippen molar-refractivity contribution in [1.29, 1.82) is 0 Å². The minimum atomic E-state index is -0.565. The van der Waals surface area contributed by atoms with Crippen LogP contribution < -0.4 is 15.8 Å². The molecule has 0 bridgehead atoms. The molecule has 11 nitrogen and oxygen atoms in total. The zero-order valence-corrected chi connectivity index (χ0v) is 23.2. The van der Waals surface area contributed by atoms with E-state index in [1.165, 1.54) is 6.33 Å². The average Bonchev–Trinajstić information content (AvgIpc) is 3.52. The third-order valence-electron chi connectivity index (χ3n) is 6.07. The average molecular weight is 546 g/mol. The molecule has 11 heteroatoms. The quantitative estimate of drug-likeness (QED) is 0.337. The largest absolute Gasteiger partial charge is 0.457 e. The molecule has 0 spiro atoms. The molecule has 0 saturated carbocycles. The number of likely N-dealkylation sites (tertiary alicyclic amines) is 1. The van der Waals surface area contributed by atoms with Crippen molar-refractivity contribution < 1.29 is 19.1 Å². The summed E-state index contributed by atoms with van der Waals surface area (Å²) >= 11 is 0. The molecule has 1 fully saturated rings. The van der Waals surface area contributed by atoms with Gasteiger partial charge >= 0.3 is 6.09 Å². The lowest BCUT2D eigenvalue weighted by Gasteiger charge is -2.18. The van der Waals surface area contributed by atoms with Crippen molar-refractivity contribution in [2.75, 3.05) is 32.4 Å². The molecule has 2 aromatic carbocycles. The number of nitrogens with one attached hydrogen (secondary N) is 1. The lowest BCUT2D eigenvalue weighted by atomic mass is 10.1. The van der Waals surface area contributed by atoms with Crippen LogP contribution in [0.15, 0.2) is 60.9 Å². The van der Waals surface area contributed by atoms with Crippen molar-refractivity contribution in [3.8, 4) is 22.8 Å². The number of nitrogens with zero attached hydrogens (tertiary/aromatic N) is 5. The van der Waals surface area contributed by atoms with Crippen LogP contribution in [-0.4, -0.2) is 69.3 Å². The summed E-state index contributed by atoms with van der Waals surface area (Å²) in [5.74, 6) is 2.02. The van der Waals surface area contributed by atoms with Gasteiger partial charge < -0.3 is 30.2 Å². The van der Waals surface area contributed by atoms with Crippen molar-refractivity contribution in [3.05, 3.63) is 60.9 Å². The Kier molecular flexibility index (Phi) is 8.95. The number of fused-ring (bicyclic) bond motifs is 1. The molecule has 4 aromatic rings. The Morgan fingerprint density at radius 2 is 1.80 bits per heavy atom. The lowest BCUT2D eigenvalue weighted by Crippen LogP contribution is -2.33. The van der Waals surface area contributed by atoms with Gasteiger partial charge in [-0.3, -0.25) is 0 Å². The third-order valence-corrected chi connectivity index (χ3v) is 6.07. The van der Waals surface area contributed by atoms with Gasteiger partial charge in [0.25, 0.3) is 0 Å². The van der Waals surface area contributed by atoms with Gasteiger partial charge in [0, 0.05) is 18.7 Å². The molecule has 40 heavy (non-hydrogen) atoms. The molecule has 1 amide bonds. The van der Waals surface area contributed by atoms with Gasteiger partial charge in [0.15, 0.2) is 5.65 Å². The second-order valence-electron chi connectivity index (χ2n) is 10.4. The first-order valence-corrected chi connectivity index (χ1v) is 13.1. The summed E-state index contributed by atoms with van der Waals surface area (Å²) < 4.78 is 12.7. The van der Waals surface area contributed by atoms with E-state index in [-0.39, 0.29) is 12.6 Å². The number of amides is 1. The molecule has 1 aliphatic heterocycles. The van der Waals surface area contributed by atoms with Crippen molar-refractivity contribution in [3.63, 3.8) is 0 Å². The van der Waals surface area contributed by atoms with Gasteiger partial charge in [-0.1, -0.05) is 18.2 Å². The number of aromatic nitrogens is 4. The Hall–Kier alpha value is -4.51. The maximum atomic E-state index is 10.7. The molecular weight excluding hydrogens is 510 g/mol. The highest BCUT2D eigenvalue weighted by molar-refractivity contribution is 5.98. The number of carbonyl (C=O) groups excluding carboxylic acids is 2. The molecule has 1 aliphatic rings. The van der Waals surface area contributed by atoms with Crippen LogP contribution in [0, 0.1) is 0 Å². The fourth-order valence-corrected chi connectivity index (χ4v) is 4.31. The maximum absolute atomic E-state index is 10.7. The third kappa shape index (κ3) is 7.32. The molecule has 1 unspecified atom stereocenters. The van der Waals surface area contributed by atoms with Gasteiger partial charge in [0.05, 0.1) is 18.0 Å². The number of rotatable bonds is 6. The highest BCUT2D eigenvalue weighted by Crippen LogP contribution is 2.34.